The Hall–Kier alpha value is -3.16. The Morgan fingerprint density at radius 3 is 2.66 bits per heavy atom. The highest BCUT2D eigenvalue weighted by molar-refractivity contribution is 7.89. The van der Waals surface area contributed by atoms with Gasteiger partial charge in [-0.15, -0.1) is 0 Å². The van der Waals surface area contributed by atoms with E-state index >= 15 is 0 Å². The van der Waals surface area contributed by atoms with Crippen LogP contribution in [0.25, 0.3) is 16.5 Å². The Balaban J connectivity index is 2.05. The lowest BCUT2D eigenvalue weighted by atomic mass is 9.93. The zero-order chi connectivity index (χ0) is 23.0. The first-order valence-corrected chi connectivity index (χ1v) is 12.2. The molecule has 0 unspecified atom stereocenters. The number of rotatable bonds is 5. The highest BCUT2D eigenvalue weighted by atomic mass is 35.5. The van der Waals surface area contributed by atoms with E-state index in [1.807, 2.05) is 31.2 Å². The number of hydrogen-bond donors (Lipinski definition) is 1. The summed E-state index contributed by atoms with van der Waals surface area (Å²) in [5.41, 5.74) is 3.49. The fourth-order valence-corrected chi connectivity index (χ4v) is 4.58. The number of carbonyl (C=O) groups excluding carboxylic acids is 2. The molecule has 8 heteroatoms. The normalized spacial score (nSPS) is 14.0. The van der Waals surface area contributed by atoms with Crippen LogP contribution in [0.4, 0.5) is 0 Å². The summed E-state index contributed by atoms with van der Waals surface area (Å²) in [6, 6.07) is 13.0. The number of fused-ring (bicyclic) bond motifs is 1. The van der Waals surface area contributed by atoms with Crippen LogP contribution in [0.5, 0.6) is 0 Å². The van der Waals surface area contributed by atoms with E-state index in [0.717, 1.165) is 17.4 Å². The van der Waals surface area contributed by atoms with Crippen LogP contribution in [0.2, 0.25) is 5.02 Å². The molecular weight excluding hydrogens is 448 g/mol. The molecule has 1 aliphatic carbocycles. The molecule has 1 N–H and O–H groups in total. The van der Waals surface area contributed by atoms with Gasteiger partial charge in [0, 0.05) is 40.0 Å². The molecular formula is C24H21ClN2O4S. The zero-order valence-electron chi connectivity index (χ0n) is 17.6. The maximum atomic E-state index is 13.3. The van der Waals surface area contributed by atoms with Crippen LogP contribution >= 0.6 is 11.6 Å². The molecule has 0 atom stereocenters. The van der Waals surface area contributed by atoms with Crippen molar-refractivity contribution in [2.45, 2.75) is 19.9 Å². The fraction of sp³-hybridized carbons (Fsp3) is 0.167. The van der Waals surface area contributed by atoms with E-state index in [0.29, 0.717) is 33.6 Å². The van der Waals surface area contributed by atoms with Gasteiger partial charge in [-0.1, -0.05) is 59.7 Å². The molecule has 1 aliphatic rings. The summed E-state index contributed by atoms with van der Waals surface area (Å²) in [4.78, 5) is 26.0. The fourth-order valence-electron chi connectivity index (χ4n) is 3.97. The van der Waals surface area contributed by atoms with Crippen LogP contribution in [0.15, 0.2) is 60.7 Å². The molecule has 0 fully saturated rings. The Labute approximate surface area is 191 Å². The van der Waals surface area contributed by atoms with E-state index in [1.165, 1.54) is 0 Å². The molecule has 0 saturated heterocycles. The van der Waals surface area contributed by atoms with Gasteiger partial charge >= 0.3 is 0 Å². The number of nitrogens with one attached hydrogen (secondary N) is 1. The third-order valence-corrected chi connectivity index (χ3v) is 6.01. The highest BCUT2D eigenvalue weighted by Crippen LogP contribution is 2.36. The number of Topliss-reactive ketones (excluding diaryl/α,β-unsaturated/α-hetero) is 1. The summed E-state index contributed by atoms with van der Waals surface area (Å²) in [7, 11) is -3.83. The number of hydrogen-bond acceptors (Lipinski definition) is 4. The van der Waals surface area contributed by atoms with E-state index in [1.54, 1.807) is 41.0 Å². The number of ketones is 1. The summed E-state index contributed by atoms with van der Waals surface area (Å²) in [6.45, 7) is 2.28. The number of nitrogens with zero attached hydrogens (tertiary/aromatic N) is 1. The van der Waals surface area contributed by atoms with E-state index in [2.05, 4.69) is 4.72 Å². The first-order valence-electron chi connectivity index (χ1n) is 9.94. The van der Waals surface area contributed by atoms with Crippen LogP contribution in [0.1, 0.15) is 33.6 Å². The molecule has 0 radical (unpaired) electrons. The smallest absolute Gasteiger partial charge is 0.282 e. The molecule has 3 aromatic rings. The number of allylic oxidation sites excluding steroid dienone is 4. The van der Waals surface area contributed by atoms with Gasteiger partial charge in [0.2, 0.25) is 10.0 Å². The predicted molar refractivity (Wildman–Crippen MR) is 126 cm³/mol. The second-order valence-corrected chi connectivity index (χ2v) is 9.98. The Morgan fingerprint density at radius 2 is 1.97 bits per heavy atom. The maximum Gasteiger partial charge on any atom is 0.282 e. The molecule has 0 aliphatic heterocycles. The van der Waals surface area contributed by atoms with Crippen LogP contribution in [0.3, 0.4) is 0 Å². The van der Waals surface area contributed by atoms with Crippen molar-refractivity contribution in [3.8, 4) is 0 Å². The Bertz CT molecular complexity index is 1430. The van der Waals surface area contributed by atoms with Crippen molar-refractivity contribution in [2.75, 3.05) is 6.26 Å². The molecule has 6 nitrogen and oxygen atoms in total. The largest absolute Gasteiger partial charge is 0.331 e. The average molecular weight is 469 g/mol. The van der Waals surface area contributed by atoms with Gasteiger partial charge < -0.3 is 4.57 Å². The number of aryl methyl sites for hydroxylation is 1. The number of benzene rings is 2. The first-order chi connectivity index (χ1) is 15.1. The minimum absolute atomic E-state index is 0.101. The molecule has 1 amide bonds. The molecule has 0 spiro atoms. The van der Waals surface area contributed by atoms with Crippen molar-refractivity contribution < 1.29 is 18.0 Å². The van der Waals surface area contributed by atoms with E-state index in [9.17, 15) is 18.0 Å². The van der Waals surface area contributed by atoms with Crippen molar-refractivity contribution in [1.29, 1.82) is 0 Å². The van der Waals surface area contributed by atoms with E-state index in [4.69, 9.17) is 11.6 Å². The quantitative estimate of drug-likeness (QED) is 0.606. The van der Waals surface area contributed by atoms with Crippen molar-refractivity contribution in [3.63, 3.8) is 0 Å². The van der Waals surface area contributed by atoms with E-state index < -0.39 is 15.9 Å². The van der Waals surface area contributed by atoms with Gasteiger partial charge in [0.15, 0.2) is 5.78 Å². The lowest BCUT2D eigenvalue weighted by molar-refractivity contribution is -0.113. The van der Waals surface area contributed by atoms with Gasteiger partial charge in [-0.25, -0.2) is 13.1 Å². The zero-order valence-corrected chi connectivity index (χ0v) is 19.1. The third-order valence-electron chi connectivity index (χ3n) is 5.21. The lowest BCUT2D eigenvalue weighted by Gasteiger charge is -2.14. The molecule has 4 rings (SSSR count). The van der Waals surface area contributed by atoms with Crippen molar-refractivity contribution in [1.82, 2.24) is 9.29 Å². The van der Waals surface area contributed by atoms with Crippen molar-refractivity contribution in [3.05, 3.63) is 88.1 Å². The Kier molecular flexibility index (Phi) is 5.79. The van der Waals surface area contributed by atoms with Gasteiger partial charge in [-0.3, -0.25) is 9.59 Å². The van der Waals surface area contributed by atoms with Gasteiger partial charge in [0.25, 0.3) is 5.91 Å². The SMILES string of the molecule is Cc1cccc(Cn2c(C(=O)NS(C)(=O)=O)c(C3=CC=CCC3=O)c3cc(Cl)ccc32)c1. The van der Waals surface area contributed by atoms with Crippen LogP contribution in [0, 0.1) is 6.92 Å². The maximum absolute atomic E-state index is 13.3. The lowest BCUT2D eigenvalue weighted by Crippen LogP contribution is -2.32. The minimum atomic E-state index is -3.83. The molecule has 2 aromatic carbocycles. The molecule has 32 heavy (non-hydrogen) atoms. The van der Waals surface area contributed by atoms with Gasteiger partial charge in [0.1, 0.15) is 5.69 Å². The molecule has 0 bridgehead atoms. The average Bonchev–Trinajstić information content (AvgIpc) is 3.00. The highest BCUT2D eigenvalue weighted by Gasteiger charge is 2.29. The number of amides is 1. The number of aromatic nitrogens is 1. The second-order valence-electron chi connectivity index (χ2n) is 7.80. The van der Waals surface area contributed by atoms with Gasteiger partial charge in [-0.05, 0) is 30.7 Å². The number of sulfonamides is 1. The summed E-state index contributed by atoms with van der Waals surface area (Å²) >= 11 is 6.27. The van der Waals surface area contributed by atoms with Crippen LogP contribution in [-0.4, -0.2) is 30.9 Å². The molecule has 1 aromatic heterocycles. The topological polar surface area (TPSA) is 85.2 Å². The summed E-state index contributed by atoms with van der Waals surface area (Å²) in [5.74, 6) is -0.957. The summed E-state index contributed by atoms with van der Waals surface area (Å²) in [5, 5.41) is 1.06. The predicted octanol–water partition coefficient (Wildman–Crippen LogP) is 4.25. The number of halogens is 1. The molecule has 1 heterocycles. The molecule has 164 valence electrons. The second kappa shape index (κ2) is 8.41. The third kappa shape index (κ3) is 4.40. The first kappa shape index (κ1) is 22.0. The van der Waals surface area contributed by atoms with E-state index in [-0.39, 0.29) is 17.9 Å². The standard InChI is InChI=1S/C24H21ClN2O4S/c1-15-6-5-7-16(12-15)14-27-20-11-10-17(25)13-19(20)22(18-8-3-4-9-21(18)28)23(27)24(29)26-32(2,30)31/h3-8,10-13H,9,14H2,1-2H3,(H,26,29). The monoisotopic (exact) mass is 468 g/mol. The van der Waals surface area contributed by atoms with Crippen molar-refractivity contribution >= 4 is 49.8 Å². The van der Waals surface area contributed by atoms with Crippen LogP contribution in [-0.2, 0) is 21.4 Å². The Morgan fingerprint density at radius 1 is 1.19 bits per heavy atom. The summed E-state index contributed by atoms with van der Waals surface area (Å²) in [6.07, 6.45) is 6.26. The van der Waals surface area contributed by atoms with Crippen LogP contribution < -0.4 is 4.72 Å². The minimum Gasteiger partial charge on any atom is -0.331 e. The molecule has 0 saturated carbocycles. The van der Waals surface area contributed by atoms with Gasteiger partial charge in [-0.2, -0.15) is 0 Å². The number of carbonyl (C=O) groups is 2. The van der Waals surface area contributed by atoms with Gasteiger partial charge in [0.05, 0.1) is 6.26 Å². The van der Waals surface area contributed by atoms with Crippen molar-refractivity contribution in [2.24, 2.45) is 0 Å². The summed E-state index contributed by atoms with van der Waals surface area (Å²) < 4.78 is 27.6.